The molecule has 1 aliphatic carbocycles. The first kappa shape index (κ1) is 12.5. The lowest BCUT2D eigenvalue weighted by Gasteiger charge is -2.20. The minimum absolute atomic E-state index is 0.837. The molecule has 1 aliphatic rings. The normalized spacial score (nSPS) is 16.9. The average Bonchev–Trinajstić information content (AvgIpc) is 2.32. The zero-order valence-corrected chi connectivity index (χ0v) is 12.0. The van der Waals surface area contributed by atoms with Crippen LogP contribution in [0.25, 0.3) is 0 Å². The Hall–Kier alpha value is -0.603. The molecule has 1 nitrogen and oxygen atoms in total. The van der Waals surface area contributed by atoms with Gasteiger partial charge >= 0.3 is 0 Å². The van der Waals surface area contributed by atoms with Crippen LogP contribution in [0, 0.1) is 0 Å². The molecule has 15 heavy (non-hydrogen) atoms. The fourth-order valence-corrected chi connectivity index (χ4v) is 2.31. The molecule has 0 bridgehead atoms. The van der Waals surface area contributed by atoms with Gasteiger partial charge in [0.1, 0.15) is 0 Å². The molecule has 0 radical (unpaired) electrons. The fourth-order valence-electron chi connectivity index (χ4n) is 1.93. The van der Waals surface area contributed by atoms with Gasteiger partial charge in [-0.3, -0.25) is 0 Å². The largest absolute Gasteiger partial charge is 0.317 e. The molecule has 1 N–H and O–H groups in total. The van der Waals surface area contributed by atoms with Gasteiger partial charge in [0.05, 0.1) is 0 Å². The summed E-state index contributed by atoms with van der Waals surface area (Å²) in [6, 6.07) is 11.3. The number of hydrogen-bond donors (Lipinski definition) is 1. The fraction of sp³-hybridized carbons (Fsp3) is 0.538. The number of hydrogen-bond acceptors (Lipinski definition) is 1. The molecule has 0 unspecified atom stereocenters. The number of benzene rings is 1. The van der Waals surface area contributed by atoms with Gasteiger partial charge in [0.25, 0.3) is 0 Å². The maximum absolute atomic E-state index is 3.30. The van der Waals surface area contributed by atoms with Crippen molar-refractivity contribution in [1.29, 1.82) is 0 Å². The van der Waals surface area contributed by atoms with Crippen LogP contribution in [0.1, 0.15) is 32.1 Å². The molecule has 84 valence electrons. The molecule has 2 heteroatoms. The zero-order valence-electron chi connectivity index (χ0n) is 10.00. The van der Waals surface area contributed by atoms with Crippen molar-refractivity contribution in [1.82, 2.24) is 5.32 Å². The van der Waals surface area contributed by atoms with Crippen LogP contribution in [0.2, 0.25) is 0 Å². The molecule has 2 rings (SSSR count). The van der Waals surface area contributed by atoms with E-state index in [9.17, 15) is 0 Å². The first-order chi connectivity index (χ1) is 7.33. The third-order valence-corrected chi connectivity index (χ3v) is 3.62. The Kier molecular flexibility index (Phi) is 6.36. The summed E-state index contributed by atoms with van der Waals surface area (Å²) in [5.41, 5.74) is 0. The predicted molar refractivity (Wildman–Crippen MR) is 71.9 cm³/mol. The Morgan fingerprint density at radius 3 is 2.00 bits per heavy atom. The summed E-state index contributed by atoms with van der Waals surface area (Å²) in [7, 11) is 3.24. The first-order valence-electron chi connectivity index (χ1n) is 6.02. The quantitative estimate of drug-likeness (QED) is 0.703. The van der Waals surface area contributed by atoms with Crippen LogP contribution in [-0.2, 0) is 0 Å². The van der Waals surface area contributed by atoms with E-state index in [1.54, 1.807) is 0 Å². The predicted octanol–water partition coefficient (Wildman–Crippen LogP) is 1.22. The van der Waals surface area contributed by atoms with Gasteiger partial charge in [-0.05, 0) is 19.9 Å². The van der Waals surface area contributed by atoms with E-state index in [0.29, 0.717) is 0 Å². The van der Waals surface area contributed by atoms with Crippen molar-refractivity contribution in [2.24, 2.45) is 0 Å². The minimum Gasteiger partial charge on any atom is -0.317 e. The van der Waals surface area contributed by atoms with Gasteiger partial charge < -0.3 is 5.32 Å². The molecule has 1 aromatic rings. The van der Waals surface area contributed by atoms with Crippen LogP contribution >= 0.6 is 0 Å². The summed E-state index contributed by atoms with van der Waals surface area (Å²) in [5, 5.41) is 4.76. The van der Waals surface area contributed by atoms with Crippen molar-refractivity contribution in [3.63, 3.8) is 0 Å². The summed E-state index contributed by atoms with van der Waals surface area (Å²) < 4.78 is 0. The van der Waals surface area contributed by atoms with Crippen LogP contribution in [0.4, 0.5) is 0 Å². The molecule has 0 saturated heterocycles. The SMILES string of the molecule is CNC1CCCCC1.[SiH3]c1ccccc1. The van der Waals surface area contributed by atoms with Crippen LogP contribution < -0.4 is 10.5 Å². The molecule has 0 aromatic heterocycles. The van der Waals surface area contributed by atoms with Gasteiger partial charge in [-0.1, -0.05) is 54.8 Å². The van der Waals surface area contributed by atoms with E-state index in [1.807, 2.05) is 6.07 Å². The Morgan fingerprint density at radius 2 is 1.67 bits per heavy atom. The zero-order chi connectivity index (χ0) is 10.9. The van der Waals surface area contributed by atoms with E-state index >= 15 is 0 Å². The second-order valence-corrected chi connectivity index (χ2v) is 5.43. The molecule has 1 saturated carbocycles. The summed E-state index contributed by atoms with van der Waals surface area (Å²) in [5.74, 6) is 0. The van der Waals surface area contributed by atoms with Gasteiger partial charge in [-0.25, -0.2) is 0 Å². The summed E-state index contributed by atoms with van der Waals surface area (Å²) in [6.45, 7) is 0. The van der Waals surface area contributed by atoms with Gasteiger partial charge in [-0.15, -0.1) is 0 Å². The van der Waals surface area contributed by atoms with Crippen molar-refractivity contribution in [3.05, 3.63) is 30.3 Å². The maximum atomic E-state index is 3.30. The van der Waals surface area contributed by atoms with E-state index in [4.69, 9.17) is 0 Å². The van der Waals surface area contributed by atoms with Gasteiger partial charge in [0.15, 0.2) is 0 Å². The third-order valence-electron chi connectivity index (χ3n) is 2.95. The van der Waals surface area contributed by atoms with E-state index in [0.717, 1.165) is 6.04 Å². The van der Waals surface area contributed by atoms with E-state index in [2.05, 4.69) is 36.6 Å². The van der Waals surface area contributed by atoms with Crippen molar-refractivity contribution < 1.29 is 0 Å². The Morgan fingerprint density at radius 1 is 1.07 bits per heavy atom. The molecule has 1 aromatic carbocycles. The second-order valence-electron chi connectivity index (χ2n) is 4.28. The maximum Gasteiger partial charge on any atom is 0.0384 e. The molecule has 0 heterocycles. The molecule has 0 atom stereocenters. The van der Waals surface area contributed by atoms with Gasteiger partial charge in [0.2, 0.25) is 0 Å². The summed E-state index contributed by atoms with van der Waals surface area (Å²) in [6.07, 6.45) is 7.13. The highest BCUT2D eigenvalue weighted by molar-refractivity contribution is 6.32. The average molecular weight is 221 g/mol. The van der Waals surface area contributed by atoms with Gasteiger partial charge in [0, 0.05) is 16.3 Å². The highest BCUT2D eigenvalue weighted by atomic mass is 28.1. The van der Waals surface area contributed by atoms with E-state index in [1.165, 1.54) is 47.5 Å². The molecular weight excluding hydrogens is 198 g/mol. The second kappa shape index (κ2) is 7.66. The lowest BCUT2D eigenvalue weighted by Crippen LogP contribution is -2.26. The summed E-state index contributed by atoms with van der Waals surface area (Å²) in [4.78, 5) is 0. The van der Waals surface area contributed by atoms with Crippen LogP contribution in [0.15, 0.2) is 30.3 Å². The van der Waals surface area contributed by atoms with E-state index in [-0.39, 0.29) is 0 Å². The van der Waals surface area contributed by atoms with Crippen molar-refractivity contribution in [3.8, 4) is 0 Å². The van der Waals surface area contributed by atoms with E-state index < -0.39 is 0 Å². The minimum atomic E-state index is 0.837. The molecular formula is C13H23NSi. The Balaban J connectivity index is 0.000000151. The van der Waals surface area contributed by atoms with Crippen LogP contribution in [-0.4, -0.2) is 23.3 Å². The monoisotopic (exact) mass is 221 g/mol. The number of rotatable bonds is 1. The van der Waals surface area contributed by atoms with Crippen LogP contribution in [0.3, 0.4) is 0 Å². The lowest BCUT2D eigenvalue weighted by atomic mass is 9.96. The summed E-state index contributed by atoms with van der Waals surface area (Å²) >= 11 is 0. The molecule has 0 spiro atoms. The van der Waals surface area contributed by atoms with Gasteiger partial charge in [-0.2, -0.15) is 0 Å². The highest BCUT2D eigenvalue weighted by Crippen LogP contribution is 2.16. The standard InChI is InChI=1S/C7H15N.C6H8Si/c1-8-7-5-3-2-4-6-7;7-6-4-2-1-3-5-6/h7-8H,2-6H2,1H3;1-5H,7H3. The molecule has 1 fully saturated rings. The van der Waals surface area contributed by atoms with Crippen molar-refractivity contribution >= 4 is 15.4 Å². The smallest absolute Gasteiger partial charge is 0.0384 e. The number of nitrogens with one attached hydrogen (secondary N) is 1. The topological polar surface area (TPSA) is 12.0 Å². The molecule has 0 aliphatic heterocycles. The first-order valence-corrected chi connectivity index (χ1v) is 7.02. The van der Waals surface area contributed by atoms with Crippen molar-refractivity contribution in [2.45, 2.75) is 38.1 Å². The Bertz CT molecular complexity index is 242. The van der Waals surface area contributed by atoms with Crippen LogP contribution in [0.5, 0.6) is 0 Å². The third kappa shape index (κ3) is 5.75. The van der Waals surface area contributed by atoms with Crippen molar-refractivity contribution in [2.75, 3.05) is 7.05 Å². The molecule has 0 amide bonds. The lowest BCUT2D eigenvalue weighted by molar-refractivity contribution is 0.394. The highest BCUT2D eigenvalue weighted by Gasteiger charge is 2.09. The Labute approximate surface area is 96.7 Å².